The van der Waals surface area contributed by atoms with Gasteiger partial charge in [-0.3, -0.25) is 9.59 Å². The molecule has 0 aliphatic carbocycles. The van der Waals surface area contributed by atoms with Crippen LogP contribution < -0.4 is 10.1 Å². The molecule has 2 rings (SSSR count). The van der Waals surface area contributed by atoms with Gasteiger partial charge in [0.15, 0.2) is 5.78 Å². The van der Waals surface area contributed by atoms with Crippen molar-refractivity contribution in [3.63, 3.8) is 0 Å². The average Bonchev–Trinajstić information content (AvgIpc) is 2.54. The molecule has 1 aliphatic heterocycles. The number of aliphatic hydroxyl groups is 3. The fourth-order valence-electron chi connectivity index (χ4n) is 2.47. The van der Waals surface area contributed by atoms with Crippen molar-refractivity contribution < 1.29 is 34.4 Å². The summed E-state index contributed by atoms with van der Waals surface area (Å²) in [5.74, 6) is -0.177. The molecule has 0 radical (unpaired) electrons. The van der Waals surface area contributed by atoms with Crippen LogP contribution in [0, 0.1) is 0 Å². The quantitative estimate of drug-likeness (QED) is 0.518. The molecule has 132 valence electrons. The van der Waals surface area contributed by atoms with Crippen molar-refractivity contribution in [1.29, 1.82) is 0 Å². The highest BCUT2D eigenvalue weighted by Crippen LogP contribution is 2.24. The molecule has 8 nitrogen and oxygen atoms in total. The van der Waals surface area contributed by atoms with Crippen LogP contribution in [-0.2, 0) is 9.53 Å². The predicted molar refractivity (Wildman–Crippen MR) is 82.4 cm³/mol. The van der Waals surface area contributed by atoms with Gasteiger partial charge in [0.2, 0.25) is 12.2 Å². The van der Waals surface area contributed by atoms with Crippen molar-refractivity contribution in [2.24, 2.45) is 0 Å². The molecule has 8 heteroatoms. The Hall–Kier alpha value is -2.00. The summed E-state index contributed by atoms with van der Waals surface area (Å²) in [5, 5.41) is 31.8. The lowest BCUT2D eigenvalue weighted by atomic mass is 9.97. The maximum Gasteiger partial charge on any atom is 0.223 e. The van der Waals surface area contributed by atoms with E-state index in [-0.39, 0.29) is 5.78 Å². The van der Waals surface area contributed by atoms with Crippen LogP contribution in [0.2, 0.25) is 0 Å². The van der Waals surface area contributed by atoms with Gasteiger partial charge >= 0.3 is 0 Å². The third-order valence-corrected chi connectivity index (χ3v) is 3.76. The van der Waals surface area contributed by atoms with E-state index in [0.717, 1.165) is 0 Å². The molecule has 1 heterocycles. The van der Waals surface area contributed by atoms with E-state index < -0.39 is 43.2 Å². The second-order valence-corrected chi connectivity index (χ2v) is 5.63. The Morgan fingerprint density at radius 3 is 2.29 bits per heavy atom. The lowest BCUT2D eigenvalue weighted by Crippen LogP contribution is -2.65. The van der Waals surface area contributed by atoms with E-state index in [1.807, 2.05) is 0 Å². The molecule has 1 aromatic carbocycles. The molecule has 0 unspecified atom stereocenters. The Balaban J connectivity index is 2.19. The SMILES string of the molecule is CC(=O)N[C@@H]1[C@@H](Oc2ccc(C(C)=O)cc2)O[C@H](CO)[C@H](O)[C@H]1O. The number of carbonyl (C=O) groups excluding carboxylic acids is 2. The van der Waals surface area contributed by atoms with Crippen LogP contribution in [0.15, 0.2) is 24.3 Å². The lowest BCUT2D eigenvalue weighted by molar-refractivity contribution is -0.244. The van der Waals surface area contributed by atoms with Crippen LogP contribution in [0.4, 0.5) is 0 Å². The zero-order valence-corrected chi connectivity index (χ0v) is 13.4. The maximum absolute atomic E-state index is 11.3. The van der Waals surface area contributed by atoms with Gasteiger partial charge in [-0.05, 0) is 31.2 Å². The fourth-order valence-corrected chi connectivity index (χ4v) is 2.47. The number of amides is 1. The fraction of sp³-hybridized carbons (Fsp3) is 0.500. The van der Waals surface area contributed by atoms with Crippen LogP contribution in [-0.4, -0.2) is 64.3 Å². The highest BCUT2D eigenvalue weighted by atomic mass is 16.7. The Bertz CT molecular complexity index is 589. The summed E-state index contributed by atoms with van der Waals surface area (Å²) >= 11 is 0. The number of rotatable bonds is 5. The van der Waals surface area contributed by atoms with Crippen LogP contribution in [0.3, 0.4) is 0 Å². The van der Waals surface area contributed by atoms with Crippen LogP contribution in [0.25, 0.3) is 0 Å². The maximum atomic E-state index is 11.3. The van der Waals surface area contributed by atoms with Gasteiger partial charge in [0.05, 0.1) is 6.61 Å². The molecule has 1 fully saturated rings. The summed E-state index contributed by atoms with van der Waals surface area (Å²) in [6.45, 7) is 2.18. The highest BCUT2D eigenvalue weighted by Gasteiger charge is 2.46. The summed E-state index contributed by atoms with van der Waals surface area (Å²) in [5.41, 5.74) is 0.508. The van der Waals surface area contributed by atoms with Gasteiger partial charge in [-0.2, -0.15) is 0 Å². The Morgan fingerprint density at radius 1 is 1.17 bits per heavy atom. The van der Waals surface area contributed by atoms with E-state index >= 15 is 0 Å². The summed E-state index contributed by atoms with van der Waals surface area (Å²) in [4.78, 5) is 22.6. The van der Waals surface area contributed by atoms with Crippen LogP contribution in [0.5, 0.6) is 5.75 Å². The molecule has 24 heavy (non-hydrogen) atoms. The average molecular weight is 339 g/mol. The first kappa shape index (κ1) is 18.3. The molecule has 1 aromatic rings. The first-order valence-corrected chi connectivity index (χ1v) is 7.50. The van der Waals surface area contributed by atoms with E-state index in [2.05, 4.69) is 5.32 Å². The monoisotopic (exact) mass is 339 g/mol. The summed E-state index contributed by atoms with van der Waals surface area (Å²) < 4.78 is 11.1. The Labute approximate surface area is 139 Å². The van der Waals surface area contributed by atoms with E-state index in [1.54, 1.807) is 24.3 Å². The highest BCUT2D eigenvalue weighted by molar-refractivity contribution is 5.94. The van der Waals surface area contributed by atoms with Crippen molar-refractivity contribution in [1.82, 2.24) is 5.32 Å². The molecule has 0 spiro atoms. The smallest absolute Gasteiger partial charge is 0.223 e. The number of carbonyl (C=O) groups is 2. The van der Waals surface area contributed by atoms with Crippen molar-refractivity contribution in [3.8, 4) is 5.75 Å². The number of ether oxygens (including phenoxy) is 2. The van der Waals surface area contributed by atoms with E-state index in [4.69, 9.17) is 9.47 Å². The number of benzene rings is 1. The first-order valence-electron chi connectivity index (χ1n) is 7.50. The molecule has 1 saturated heterocycles. The molecule has 1 amide bonds. The van der Waals surface area contributed by atoms with Gasteiger partial charge in [0.25, 0.3) is 0 Å². The number of aliphatic hydroxyl groups excluding tert-OH is 3. The second kappa shape index (κ2) is 7.71. The van der Waals surface area contributed by atoms with Crippen molar-refractivity contribution >= 4 is 11.7 Å². The molecule has 0 saturated carbocycles. The van der Waals surface area contributed by atoms with Gasteiger partial charge in [0, 0.05) is 12.5 Å². The largest absolute Gasteiger partial charge is 0.463 e. The number of ketones is 1. The Kier molecular flexibility index (Phi) is 5.89. The van der Waals surface area contributed by atoms with Gasteiger partial charge in [0.1, 0.15) is 30.1 Å². The molecule has 0 bridgehead atoms. The number of hydrogen-bond acceptors (Lipinski definition) is 7. The summed E-state index contributed by atoms with van der Waals surface area (Å²) in [7, 11) is 0. The molecule has 1 aliphatic rings. The zero-order chi connectivity index (χ0) is 17.9. The third-order valence-electron chi connectivity index (χ3n) is 3.76. The third kappa shape index (κ3) is 4.09. The van der Waals surface area contributed by atoms with Gasteiger partial charge in [-0.25, -0.2) is 0 Å². The lowest BCUT2D eigenvalue weighted by Gasteiger charge is -2.42. The van der Waals surface area contributed by atoms with E-state index in [0.29, 0.717) is 11.3 Å². The zero-order valence-electron chi connectivity index (χ0n) is 13.4. The number of nitrogens with one attached hydrogen (secondary N) is 1. The minimum Gasteiger partial charge on any atom is -0.463 e. The van der Waals surface area contributed by atoms with Gasteiger partial charge in [-0.1, -0.05) is 0 Å². The molecule has 5 atom stereocenters. The summed E-state index contributed by atoms with van der Waals surface area (Å²) in [6, 6.07) is 5.23. The van der Waals surface area contributed by atoms with Crippen molar-refractivity contribution in [3.05, 3.63) is 29.8 Å². The molecular formula is C16H21NO7. The minimum atomic E-state index is -1.37. The Morgan fingerprint density at radius 2 is 1.79 bits per heavy atom. The van der Waals surface area contributed by atoms with Crippen LogP contribution >= 0.6 is 0 Å². The van der Waals surface area contributed by atoms with E-state index in [9.17, 15) is 24.9 Å². The minimum absolute atomic E-state index is 0.0921. The number of hydrogen-bond donors (Lipinski definition) is 4. The predicted octanol–water partition coefficient (Wildman–Crippen LogP) is -0.788. The van der Waals surface area contributed by atoms with Gasteiger partial charge < -0.3 is 30.1 Å². The van der Waals surface area contributed by atoms with E-state index in [1.165, 1.54) is 13.8 Å². The van der Waals surface area contributed by atoms with Gasteiger partial charge in [-0.15, -0.1) is 0 Å². The normalized spacial score (nSPS) is 29.8. The first-order chi connectivity index (χ1) is 11.3. The summed E-state index contributed by atoms with van der Waals surface area (Å²) in [6.07, 6.45) is -4.91. The van der Waals surface area contributed by atoms with Crippen LogP contribution in [0.1, 0.15) is 24.2 Å². The standard InChI is InChI=1S/C16H21NO7/c1-8(19)10-3-5-11(6-4-10)23-16-13(17-9(2)20)15(22)14(21)12(7-18)24-16/h3-6,12-16,18,21-22H,7H2,1-2H3,(H,17,20)/t12-,13+,14+,15+,16+/m1/s1. The molecule has 4 N–H and O–H groups in total. The topological polar surface area (TPSA) is 125 Å². The molecular weight excluding hydrogens is 318 g/mol. The molecule has 0 aromatic heterocycles. The van der Waals surface area contributed by atoms with Crippen molar-refractivity contribution in [2.75, 3.05) is 6.61 Å². The second-order valence-electron chi connectivity index (χ2n) is 5.63. The number of Topliss-reactive ketones (excluding diaryl/α,β-unsaturated/α-hetero) is 1. The van der Waals surface area contributed by atoms with Crippen molar-refractivity contribution in [2.45, 2.75) is 44.5 Å².